The van der Waals surface area contributed by atoms with Crippen molar-refractivity contribution in [3.63, 3.8) is 0 Å². The fourth-order valence-electron chi connectivity index (χ4n) is 0.949. The fourth-order valence-corrected chi connectivity index (χ4v) is 1.72. The topological polar surface area (TPSA) is 51.2 Å². The highest BCUT2D eigenvalue weighted by atomic mass is 32.1. The summed E-state index contributed by atoms with van der Waals surface area (Å²) in [4.78, 5) is 14.5. The van der Waals surface area contributed by atoms with Gasteiger partial charge in [-0.05, 0) is 6.92 Å². The van der Waals surface area contributed by atoms with Crippen molar-refractivity contribution < 1.29 is 22.7 Å². The number of thiazole rings is 1. The first-order chi connectivity index (χ1) is 7.40. The van der Waals surface area contributed by atoms with E-state index in [1.807, 2.05) is 0 Å². The van der Waals surface area contributed by atoms with Crippen LogP contribution in [0, 0.1) is 0 Å². The summed E-state index contributed by atoms with van der Waals surface area (Å²) in [5.74, 6) is -0.862. The number of alkyl halides is 3. The molecule has 0 atom stereocenters. The van der Waals surface area contributed by atoms with Crippen LogP contribution in [0.5, 0.6) is 0 Å². The van der Waals surface area contributed by atoms with E-state index in [-0.39, 0.29) is 17.3 Å². The lowest BCUT2D eigenvalue weighted by molar-refractivity contribution is -0.137. The maximum atomic E-state index is 12.3. The van der Waals surface area contributed by atoms with Gasteiger partial charge in [0.05, 0.1) is 6.61 Å². The number of carbonyl (C=O) groups is 1. The van der Waals surface area contributed by atoms with Gasteiger partial charge in [0.15, 0.2) is 5.69 Å². The number of nitrogens with one attached hydrogen (secondary N) is 1. The maximum absolute atomic E-state index is 12.3. The Labute approximate surface area is 93.4 Å². The highest BCUT2D eigenvalue weighted by molar-refractivity contribution is 7.16. The standard InChI is InChI=1S/C8H9F3N2O2S/c1-3-15-6(14)4-5(12-2)16-7(13-4)8(9,10)11/h12H,3H2,1-2H3. The van der Waals surface area contributed by atoms with Gasteiger partial charge in [0.25, 0.3) is 0 Å². The molecule has 0 saturated carbocycles. The highest BCUT2D eigenvalue weighted by Gasteiger charge is 2.37. The molecule has 0 fully saturated rings. The molecule has 16 heavy (non-hydrogen) atoms. The molecule has 1 aromatic heterocycles. The average molecular weight is 254 g/mol. The Morgan fingerprint density at radius 2 is 2.19 bits per heavy atom. The van der Waals surface area contributed by atoms with Gasteiger partial charge in [-0.25, -0.2) is 9.78 Å². The number of nitrogens with zero attached hydrogens (tertiary/aromatic N) is 1. The van der Waals surface area contributed by atoms with Crippen molar-refractivity contribution in [3.8, 4) is 0 Å². The molecule has 0 amide bonds. The largest absolute Gasteiger partial charge is 0.461 e. The second-order valence-electron chi connectivity index (χ2n) is 2.66. The van der Waals surface area contributed by atoms with Gasteiger partial charge in [-0.2, -0.15) is 13.2 Å². The number of esters is 1. The van der Waals surface area contributed by atoms with Gasteiger partial charge in [0, 0.05) is 7.05 Å². The first-order valence-corrected chi connectivity index (χ1v) is 5.14. The summed E-state index contributed by atoms with van der Waals surface area (Å²) in [6.07, 6.45) is -4.55. The average Bonchev–Trinajstić information content (AvgIpc) is 2.61. The Balaban J connectivity index is 3.09. The van der Waals surface area contributed by atoms with Crippen molar-refractivity contribution in [2.75, 3.05) is 19.0 Å². The van der Waals surface area contributed by atoms with Crippen LogP contribution in [-0.2, 0) is 10.9 Å². The number of anilines is 1. The minimum absolute atomic E-state index is 0.0470. The lowest BCUT2D eigenvalue weighted by Crippen LogP contribution is -2.09. The lowest BCUT2D eigenvalue weighted by Gasteiger charge is -2.00. The smallest absolute Gasteiger partial charge is 0.443 e. The predicted octanol–water partition coefficient (Wildman–Crippen LogP) is 2.38. The molecule has 0 aromatic carbocycles. The van der Waals surface area contributed by atoms with Gasteiger partial charge in [0.2, 0.25) is 5.01 Å². The molecule has 0 radical (unpaired) electrons. The van der Waals surface area contributed by atoms with Crippen molar-refractivity contribution >= 4 is 22.3 Å². The molecule has 4 nitrogen and oxygen atoms in total. The van der Waals surface area contributed by atoms with E-state index < -0.39 is 17.2 Å². The first kappa shape index (κ1) is 12.8. The molecule has 0 aliphatic rings. The van der Waals surface area contributed by atoms with E-state index in [1.165, 1.54) is 7.05 Å². The van der Waals surface area contributed by atoms with Crippen LogP contribution >= 0.6 is 11.3 Å². The number of rotatable bonds is 3. The predicted molar refractivity (Wildman–Crippen MR) is 52.6 cm³/mol. The van der Waals surface area contributed by atoms with Crippen LogP contribution < -0.4 is 5.32 Å². The van der Waals surface area contributed by atoms with Crippen LogP contribution in [0.15, 0.2) is 0 Å². The Morgan fingerprint density at radius 3 is 2.62 bits per heavy atom. The molecular weight excluding hydrogens is 245 g/mol. The molecule has 0 bridgehead atoms. The van der Waals surface area contributed by atoms with E-state index in [1.54, 1.807) is 6.92 Å². The Hall–Kier alpha value is -1.31. The number of hydrogen-bond acceptors (Lipinski definition) is 5. The third-order valence-electron chi connectivity index (χ3n) is 1.57. The molecule has 8 heteroatoms. The van der Waals surface area contributed by atoms with Crippen LogP contribution in [0.2, 0.25) is 0 Å². The van der Waals surface area contributed by atoms with E-state index in [2.05, 4.69) is 15.0 Å². The molecule has 0 spiro atoms. The van der Waals surface area contributed by atoms with Crippen LogP contribution in [0.1, 0.15) is 22.4 Å². The molecule has 1 rings (SSSR count). The summed E-state index contributed by atoms with van der Waals surface area (Å²) in [5.41, 5.74) is -0.332. The fraction of sp³-hybridized carbons (Fsp3) is 0.500. The van der Waals surface area contributed by atoms with Gasteiger partial charge in [0.1, 0.15) is 5.00 Å². The molecule has 1 N–H and O–H groups in total. The van der Waals surface area contributed by atoms with Gasteiger partial charge < -0.3 is 10.1 Å². The molecule has 0 unspecified atom stereocenters. The van der Waals surface area contributed by atoms with Crippen LogP contribution in [-0.4, -0.2) is 24.6 Å². The third-order valence-corrected chi connectivity index (χ3v) is 2.68. The third kappa shape index (κ3) is 2.63. The number of ether oxygens (including phenoxy) is 1. The molecule has 0 saturated heterocycles. The normalized spacial score (nSPS) is 11.3. The highest BCUT2D eigenvalue weighted by Crippen LogP contribution is 2.36. The van der Waals surface area contributed by atoms with Crippen molar-refractivity contribution in [2.45, 2.75) is 13.1 Å². The zero-order valence-electron chi connectivity index (χ0n) is 8.51. The monoisotopic (exact) mass is 254 g/mol. The molecular formula is C8H9F3N2O2S. The van der Waals surface area contributed by atoms with Gasteiger partial charge in [-0.15, -0.1) is 0 Å². The van der Waals surface area contributed by atoms with Crippen LogP contribution in [0.4, 0.5) is 18.2 Å². The SMILES string of the molecule is CCOC(=O)c1nc(C(F)(F)F)sc1NC. The molecule has 1 aromatic rings. The Kier molecular flexibility index (Phi) is 3.74. The minimum atomic E-state index is -4.55. The Bertz CT molecular complexity index is 389. The second kappa shape index (κ2) is 4.69. The zero-order valence-corrected chi connectivity index (χ0v) is 9.33. The van der Waals surface area contributed by atoms with E-state index in [0.29, 0.717) is 11.3 Å². The van der Waals surface area contributed by atoms with Crippen LogP contribution in [0.25, 0.3) is 0 Å². The van der Waals surface area contributed by atoms with Crippen molar-refractivity contribution in [2.24, 2.45) is 0 Å². The first-order valence-electron chi connectivity index (χ1n) is 4.33. The second-order valence-corrected chi connectivity index (χ2v) is 3.66. The van der Waals surface area contributed by atoms with E-state index in [0.717, 1.165) is 0 Å². The van der Waals surface area contributed by atoms with Gasteiger partial charge in [-0.3, -0.25) is 0 Å². The minimum Gasteiger partial charge on any atom is -0.461 e. The number of aromatic nitrogens is 1. The molecule has 0 aliphatic heterocycles. The van der Waals surface area contributed by atoms with E-state index in [4.69, 9.17) is 0 Å². The summed E-state index contributed by atoms with van der Waals surface area (Å²) in [7, 11) is 1.41. The summed E-state index contributed by atoms with van der Waals surface area (Å²) in [6.45, 7) is 1.65. The van der Waals surface area contributed by atoms with Crippen molar-refractivity contribution in [3.05, 3.63) is 10.7 Å². The lowest BCUT2D eigenvalue weighted by atomic mass is 10.4. The number of carbonyl (C=O) groups excluding carboxylic acids is 1. The van der Waals surface area contributed by atoms with E-state index >= 15 is 0 Å². The summed E-state index contributed by atoms with van der Waals surface area (Å²) in [6, 6.07) is 0. The number of hydrogen-bond donors (Lipinski definition) is 1. The zero-order chi connectivity index (χ0) is 12.3. The van der Waals surface area contributed by atoms with Gasteiger partial charge >= 0.3 is 12.1 Å². The summed E-state index contributed by atoms with van der Waals surface area (Å²) < 4.78 is 41.6. The van der Waals surface area contributed by atoms with E-state index in [9.17, 15) is 18.0 Å². The molecule has 0 aliphatic carbocycles. The molecule has 90 valence electrons. The van der Waals surface area contributed by atoms with Crippen molar-refractivity contribution in [1.82, 2.24) is 4.98 Å². The summed E-state index contributed by atoms with van der Waals surface area (Å²) in [5, 5.41) is 1.46. The Morgan fingerprint density at radius 1 is 1.56 bits per heavy atom. The quantitative estimate of drug-likeness (QED) is 0.841. The van der Waals surface area contributed by atoms with Crippen molar-refractivity contribution in [1.29, 1.82) is 0 Å². The maximum Gasteiger partial charge on any atom is 0.443 e. The van der Waals surface area contributed by atoms with Gasteiger partial charge in [-0.1, -0.05) is 11.3 Å². The summed E-state index contributed by atoms with van der Waals surface area (Å²) >= 11 is 0.373. The van der Waals surface area contributed by atoms with Crippen LogP contribution in [0.3, 0.4) is 0 Å². The molecule has 1 heterocycles. The number of halogens is 3.